The summed E-state index contributed by atoms with van der Waals surface area (Å²) in [5.41, 5.74) is 7.43. The topological polar surface area (TPSA) is 81.2 Å². The molecule has 2 N–H and O–H groups in total. The Morgan fingerprint density at radius 3 is 2.53 bits per heavy atom. The molecule has 1 amide bonds. The van der Waals surface area contributed by atoms with Gasteiger partial charge in [-0.05, 0) is 48.2 Å². The fraction of sp³-hybridized carbons (Fsp3) is 0.296. The lowest BCUT2D eigenvalue weighted by atomic mass is 10.1. The molecule has 34 heavy (non-hydrogen) atoms. The van der Waals surface area contributed by atoms with E-state index in [-0.39, 0.29) is 17.5 Å². The van der Waals surface area contributed by atoms with E-state index in [1.807, 2.05) is 78.6 Å². The summed E-state index contributed by atoms with van der Waals surface area (Å²) in [5, 5.41) is 2.69. The fourth-order valence-electron chi connectivity index (χ4n) is 4.77. The summed E-state index contributed by atoms with van der Waals surface area (Å²) in [7, 11) is 0. The lowest BCUT2D eigenvalue weighted by Crippen LogP contribution is -2.42. The number of aromatic nitrogens is 2. The zero-order valence-electron chi connectivity index (χ0n) is 19.2. The quantitative estimate of drug-likeness (QED) is 0.256. The molecule has 1 aliphatic rings. The third kappa shape index (κ3) is 4.10. The number of hydrogen-bond donors (Lipinski definition) is 1. The van der Waals surface area contributed by atoms with Crippen molar-refractivity contribution in [2.24, 2.45) is 5.73 Å². The normalized spacial score (nSPS) is 16.9. The second-order valence-electron chi connectivity index (χ2n) is 8.63. The van der Waals surface area contributed by atoms with Gasteiger partial charge in [-0.15, -0.1) is 0 Å². The van der Waals surface area contributed by atoms with Gasteiger partial charge in [-0.2, -0.15) is 0 Å². The Morgan fingerprint density at radius 2 is 1.82 bits per heavy atom. The van der Waals surface area contributed by atoms with Crippen molar-refractivity contribution in [1.82, 2.24) is 14.5 Å². The molecule has 174 valence electrons. The molecule has 1 aromatic heterocycles. The maximum atomic E-state index is 13.8. The molecule has 1 saturated heterocycles. The van der Waals surface area contributed by atoms with Gasteiger partial charge in [0.15, 0.2) is 5.16 Å². The Balaban J connectivity index is 1.62. The molecule has 1 aliphatic heterocycles. The van der Waals surface area contributed by atoms with E-state index in [0.29, 0.717) is 35.7 Å². The van der Waals surface area contributed by atoms with Gasteiger partial charge in [-0.25, -0.2) is 4.98 Å². The molecule has 4 aromatic rings. The van der Waals surface area contributed by atoms with E-state index in [9.17, 15) is 9.59 Å². The lowest BCUT2D eigenvalue weighted by molar-refractivity contribution is -0.131. The van der Waals surface area contributed by atoms with Crippen LogP contribution < -0.4 is 11.3 Å². The van der Waals surface area contributed by atoms with Crippen LogP contribution in [0.1, 0.15) is 30.6 Å². The molecule has 3 aromatic carbocycles. The number of nitrogens with two attached hydrogens (primary N) is 1. The summed E-state index contributed by atoms with van der Waals surface area (Å²) in [5.74, 6) is 0.0275. The van der Waals surface area contributed by atoms with Crippen molar-refractivity contribution in [2.75, 3.05) is 13.1 Å². The second kappa shape index (κ2) is 9.60. The predicted octanol–water partition coefficient (Wildman–Crippen LogP) is 4.35. The van der Waals surface area contributed by atoms with Crippen LogP contribution in [-0.2, 0) is 11.3 Å². The first-order valence-corrected chi connectivity index (χ1v) is 12.6. The number of fused-ring (bicyclic) bond motifs is 2. The van der Waals surface area contributed by atoms with Gasteiger partial charge in [0.05, 0.1) is 10.9 Å². The van der Waals surface area contributed by atoms with Gasteiger partial charge < -0.3 is 10.6 Å². The van der Waals surface area contributed by atoms with Crippen LogP contribution in [0, 0.1) is 0 Å². The van der Waals surface area contributed by atoms with Crippen LogP contribution in [0.15, 0.2) is 76.7 Å². The summed E-state index contributed by atoms with van der Waals surface area (Å²) >= 11 is 1.35. The second-order valence-corrected chi connectivity index (χ2v) is 9.70. The minimum absolute atomic E-state index is 0.0275. The van der Waals surface area contributed by atoms with E-state index < -0.39 is 5.25 Å². The maximum Gasteiger partial charge on any atom is 0.262 e. The minimum Gasteiger partial charge on any atom is -0.337 e. The first-order chi connectivity index (χ1) is 16.6. The van der Waals surface area contributed by atoms with Crippen molar-refractivity contribution in [2.45, 2.75) is 42.8 Å². The Labute approximate surface area is 202 Å². The molecule has 0 saturated carbocycles. The Kier molecular flexibility index (Phi) is 6.39. The molecule has 7 heteroatoms. The average molecular weight is 473 g/mol. The minimum atomic E-state index is -0.504. The number of likely N-dealkylation sites (tertiary alicyclic amines) is 1. The summed E-state index contributed by atoms with van der Waals surface area (Å²) < 4.78 is 1.68. The molecule has 6 nitrogen and oxygen atoms in total. The largest absolute Gasteiger partial charge is 0.337 e. The van der Waals surface area contributed by atoms with Crippen LogP contribution in [0.3, 0.4) is 0 Å². The number of benzene rings is 3. The SMILES string of the molecule is CCn1c(S[C@@H](C(=O)N2CCC[C@@H]2CN)c2ccccc2)nc2cc3ccccc3cc2c1=O. The number of hydrogen-bond acceptors (Lipinski definition) is 5. The highest BCUT2D eigenvalue weighted by atomic mass is 32.2. The Morgan fingerprint density at radius 1 is 1.12 bits per heavy atom. The highest BCUT2D eigenvalue weighted by Gasteiger charge is 2.34. The number of amides is 1. The lowest BCUT2D eigenvalue weighted by Gasteiger charge is -2.28. The molecule has 2 heterocycles. The van der Waals surface area contributed by atoms with Crippen LogP contribution in [0.4, 0.5) is 0 Å². The van der Waals surface area contributed by atoms with Gasteiger partial charge in [-0.3, -0.25) is 14.2 Å². The molecular formula is C27H28N4O2S. The van der Waals surface area contributed by atoms with Crippen LogP contribution in [0.25, 0.3) is 21.7 Å². The Bertz CT molecular complexity index is 1400. The van der Waals surface area contributed by atoms with Crippen LogP contribution in [0.5, 0.6) is 0 Å². The van der Waals surface area contributed by atoms with Crippen molar-refractivity contribution in [3.05, 3.63) is 82.6 Å². The Hall–Kier alpha value is -3.16. The fourth-order valence-corrected chi connectivity index (χ4v) is 6.00. The average Bonchev–Trinajstić information content (AvgIpc) is 3.36. The van der Waals surface area contributed by atoms with E-state index in [0.717, 1.165) is 29.2 Å². The van der Waals surface area contributed by atoms with Crippen molar-refractivity contribution >= 4 is 39.3 Å². The molecule has 0 unspecified atom stereocenters. The molecular weight excluding hydrogens is 444 g/mol. The predicted molar refractivity (Wildman–Crippen MR) is 138 cm³/mol. The first-order valence-electron chi connectivity index (χ1n) is 11.8. The number of nitrogens with zero attached hydrogens (tertiary/aromatic N) is 3. The first kappa shape index (κ1) is 22.6. The number of rotatable bonds is 6. The number of carbonyl (C=O) groups is 1. The van der Waals surface area contributed by atoms with E-state index in [2.05, 4.69) is 0 Å². The van der Waals surface area contributed by atoms with Crippen molar-refractivity contribution in [3.8, 4) is 0 Å². The smallest absolute Gasteiger partial charge is 0.262 e. The van der Waals surface area contributed by atoms with Gasteiger partial charge in [0.2, 0.25) is 5.91 Å². The maximum absolute atomic E-state index is 13.8. The molecule has 1 fully saturated rings. The van der Waals surface area contributed by atoms with Gasteiger partial charge in [-0.1, -0.05) is 66.4 Å². The molecule has 2 atom stereocenters. The zero-order chi connectivity index (χ0) is 23.7. The van der Waals surface area contributed by atoms with Crippen molar-refractivity contribution in [1.29, 1.82) is 0 Å². The number of carbonyl (C=O) groups excluding carboxylic acids is 1. The third-order valence-corrected chi connectivity index (χ3v) is 7.82. The van der Waals surface area contributed by atoms with E-state index in [4.69, 9.17) is 10.7 Å². The highest BCUT2D eigenvalue weighted by Crippen LogP contribution is 2.38. The van der Waals surface area contributed by atoms with Crippen molar-refractivity contribution < 1.29 is 4.79 Å². The molecule has 0 radical (unpaired) electrons. The molecule has 0 aliphatic carbocycles. The highest BCUT2D eigenvalue weighted by molar-refractivity contribution is 8.00. The van der Waals surface area contributed by atoms with E-state index >= 15 is 0 Å². The standard InChI is InChI=1S/C27H28N4O2S/c1-2-30-25(32)22-15-19-11-6-7-12-20(19)16-23(22)29-27(30)34-24(18-9-4-3-5-10-18)26(33)31-14-8-13-21(31)17-28/h3-7,9-12,15-16,21,24H,2,8,13-14,17,28H2,1H3/t21-,24-/m1/s1. The monoisotopic (exact) mass is 472 g/mol. The summed E-state index contributed by atoms with van der Waals surface area (Å²) in [6, 6.07) is 21.6. The van der Waals surface area contributed by atoms with Crippen LogP contribution >= 0.6 is 11.8 Å². The van der Waals surface area contributed by atoms with Gasteiger partial charge in [0.25, 0.3) is 5.56 Å². The number of thioether (sulfide) groups is 1. The molecule has 5 rings (SSSR count). The van der Waals surface area contributed by atoms with Crippen LogP contribution in [-0.4, -0.2) is 39.5 Å². The van der Waals surface area contributed by atoms with Gasteiger partial charge >= 0.3 is 0 Å². The van der Waals surface area contributed by atoms with Gasteiger partial charge in [0, 0.05) is 25.7 Å². The van der Waals surface area contributed by atoms with Gasteiger partial charge in [0.1, 0.15) is 5.25 Å². The molecule has 0 spiro atoms. The van der Waals surface area contributed by atoms with E-state index in [1.54, 1.807) is 4.57 Å². The zero-order valence-corrected chi connectivity index (χ0v) is 20.0. The molecule has 0 bridgehead atoms. The van der Waals surface area contributed by atoms with Crippen LogP contribution in [0.2, 0.25) is 0 Å². The summed E-state index contributed by atoms with van der Waals surface area (Å²) in [6.07, 6.45) is 1.89. The summed E-state index contributed by atoms with van der Waals surface area (Å²) in [4.78, 5) is 34.1. The van der Waals surface area contributed by atoms with Crippen molar-refractivity contribution in [3.63, 3.8) is 0 Å². The van der Waals surface area contributed by atoms with E-state index in [1.165, 1.54) is 11.8 Å². The summed E-state index contributed by atoms with van der Waals surface area (Å²) in [6.45, 7) is 3.58. The third-order valence-electron chi connectivity index (χ3n) is 6.58.